The number of carbonyl (C=O) groups is 1. The van der Waals surface area contributed by atoms with E-state index in [-0.39, 0.29) is 11.9 Å². The number of amides is 1. The van der Waals surface area contributed by atoms with Gasteiger partial charge in [0.25, 0.3) is 0 Å². The molecule has 1 aromatic rings. The number of nitrogens with one attached hydrogen (secondary N) is 1. The summed E-state index contributed by atoms with van der Waals surface area (Å²) in [4.78, 5) is 16.1. The first kappa shape index (κ1) is 18.9. The molecule has 1 aliphatic heterocycles. The number of rotatable bonds is 7. The van der Waals surface area contributed by atoms with E-state index in [1.165, 1.54) is 0 Å². The van der Waals surface area contributed by atoms with E-state index in [0.717, 1.165) is 5.56 Å². The van der Waals surface area contributed by atoms with Crippen LogP contribution < -0.4 is 26.3 Å². The van der Waals surface area contributed by atoms with Gasteiger partial charge < -0.3 is 31.0 Å². The monoisotopic (exact) mass is 350 g/mol. The Labute approximate surface area is 147 Å². The summed E-state index contributed by atoms with van der Waals surface area (Å²) in [6.07, 6.45) is 1.16. The predicted molar refractivity (Wildman–Crippen MR) is 94.6 cm³/mol. The van der Waals surface area contributed by atoms with Gasteiger partial charge in [0, 0.05) is 19.8 Å². The van der Waals surface area contributed by atoms with Gasteiger partial charge in [-0.15, -0.1) is 0 Å². The average molecular weight is 350 g/mol. The number of methoxy groups -OCH3 is 2. The number of benzene rings is 1. The van der Waals surface area contributed by atoms with Gasteiger partial charge in [0.1, 0.15) is 0 Å². The van der Waals surface area contributed by atoms with E-state index in [2.05, 4.69) is 10.3 Å². The molecule has 0 bridgehead atoms. The zero-order valence-electron chi connectivity index (χ0n) is 14.7. The van der Waals surface area contributed by atoms with Crippen LogP contribution in [0.25, 0.3) is 0 Å². The summed E-state index contributed by atoms with van der Waals surface area (Å²) in [6.45, 7) is 1.78. The third-order valence-electron chi connectivity index (χ3n) is 4.46. The summed E-state index contributed by atoms with van der Waals surface area (Å²) < 4.78 is 15.8. The van der Waals surface area contributed by atoms with Crippen molar-refractivity contribution < 1.29 is 19.0 Å². The number of aliphatic imine (C=N–C) groups is 1. The van der Waals surface area contributed by atoms with Gasteiger partial charge in [0.05, 0.1) is 26.2 Å². The molecule has 0 unspecified atom stereocenters. The van der Waals surface area contributed by atoms with E-state index in [1.54, 1.807) is 14.2 Å². The van der Waals surface area contributed by atoms with Crippen molar-refractivity contribution in [3.05, 3.63) is 23.8 Å². The van der Waals surface area contributed by atoms with E-state index < -0.39 is 5.41 Å². The van der Waals surface area contributed by atoms with Crippen LogP contribution in [-0.2, 0) is 16.1 Å². The van der Waals surface area contributed by atoms with Crippen LogP contribution in [0.5, 0.6) is 11.5 Å². The first-order valence-corrected chi connectivity index (χ1v) is 8.13. The number of nitrogens with two attached hydrogens (primary N) is 2. The molecule has 0 radical (unpaired) electrons. The predicted octanol–water partition coefficient (Wildman–Crippen LogP) is 0.390. The minimum Gasteiger partial charge on any atom is -0.493 e. The number of hydrogen-bond donors (Lipinski definition) is 3. The molecule has 1 fully saturated rings. The first-order valence-electron chi connectivity index (χ1n) is 8.13. The van der Waals surface area contributed by atoms with Crippen LogP contribution in [0, 0.1) is 5.41 Å². The Morgan fingerprint density at radius 2 is 1.92 bits per heavy atom. The van der Waals surface area contributed by atoms with Gasteiger partial charge in [-0.05, 0) is 30.5 Å². The Morgan fingerprint density at radius 3 is 2.52 bits per heavy atom. The fourth-order valence-corrected chi connectivity index (χ4v) is 2.74. The van der Waals surface area contributed by atoms with Gasteiger partial charge in [-0.3, -0.25) is 4.79 Å². The van der Waals surface area contributed by atoms with Gasteiger partial charge >= 0.3 is 0 Å². The number of ether oxygens (including phenoxy) is 3. The summed E-state index contributed by atoms with van der Waals surface area (Å²) in [6, 6.07) is 5.55. The Morgan fingerprint density at radius 1 is 1.24 bits per heavy atom. The third-order valence-corrected chi connectivity index (χ3v) is 4.46. The van der Waals surface area contributed by atoms with Crippen molar-refractivity contribution in [2.45, 2.75) is 19.4 Å². The van der Waals surface area contributed by atoms with E-state index in [1.807, 2.05) is 18.2 Å². The minimum absolute atomic E-state index is 0.266. The smallest absolute Gasteiger partial charge is 0.225 e. The summed E-state index contributed by atoms with van der Waals surface area (Å²) in [5.74, 6) is 1.22. The maximum absolute atomic E-state index is 11.8. The molecule has 138 valence electrons. The molecule has 0 spiro atoms. The molecule has 8 heteroatoms. The highest BCUT2D eigenvalue weighted by Crippen LogP contribution is 2.29. The maximum Gasteiger partial charge on any atom is 0.225 e. The summed E-state index contributed by atoms with van der Waals surface area (Å²) >= 11 is 0. The highest BCUT2D eigenvalue weighted by Gasteiger charge is 2.38. The summed E-state index contributed by atoms with van der Waals surface area (Å²) in [5.41, 5.74) is 11.8. The second kappa shape index (κ2) is 8.57. The maximum atomic E-state index is 11.8. The fraction of sp³-hybridized carbons (Fsp3) is 0.529. The number of guanidine groups is 1. The lowest BCUT2D eigenvalue weighted by molar-refractivity contribution is -0.132. The Balaban J connectivity index is 1.96. The molecule has 2 rings (SSSR count). The molecular weight excluding hydrogens is 324 g/mol. The van der Waals surface area contributed by atoms with Crippen LogP contribution in [-0.4, -0.2) is 45.8 Å². The van der Waals surface area contributed by atoms with Crippen molar-refractivity contribution in [3.63, 3.8) is 0 Å². The number of nitrogens with zero attached hydrogens (tertiary/aromatic N) is 1. The fourth-order valence-electron chi connectivity index (χ4n) is 2.74. The Kier molecular flexibility index (Phi) is 6.46. The lowest BCUT2D eigenvalue weighted by Gasteiger charge is -2.34. The Hall–Kier alpha value is -2.48. The van der Waals surface area contributed by atoms with Crippen LogP contribution in [0.2, 0.25) is 0 Å². The molecule has 0 aromatic heterocycles. The molecule has 1 aliphatic rings. The molecule has 1 heterocycles. The highest BCUT2D eigenvalue weighted by molar-refractivity contribution is 5.83. The summed E-state index contributed by atoms with van der Waals surface area (Å²) in [5, 5.41) is 3.01. The topological polar surface area (TPSA) is 121 Å². The van der Waals surface area contributed by atoms with Crippen LogP contribution in [0.4, 0.5) is 0 Å². The Bertz CT molecular complexity index is 627. The molecule has 0 aliphatic carbocycles. The second-order valence-corrected chi connectivity index (χ2v) is 6.00. The molecule has 1 saturated heterocycles. The second-order valence-electron chi connectivity index (χ2n) is 6.00. The van der Waals surface area contributed by atoms with E-state index in [9.17, 15) is 4.79 Å². The summed E-state index contributed by atoms with van der Waals surface area (Å²) in [7, 11) is 3.17. The minimum atomic E-state index is -0.637. The van der Waals surface area contributed by atoms with Crippen molar-refractivity contribution in [1.29, 1.82) is 0 Å². The van der Waals surface area contributed by atoms with Gasteiger partial charge in [-0.1, -0.05) is 6.07 Å². The molecule has 0 saturated carbocycles. The van der Waals surface area contributed by atoms with Crippen LogP contribution in [0.15, 0.2) is 23.2 Å². The van der Waals surface area contributed by atoms with Crippen LogP contribution in [0.1, 0.15) is 18.4 Å². The largest absolute Gasteiger partial charge is 0.493 e. The van der Waals surface area contributed by atoms with Crippen molar-refractivity contribution in [2.24, 2.45) is 21.9 Å². The van der Waals surface area contributed by atoms with Crippen molar-refractivity contribution >= 4 is 11.9 Å². The van der Waals surface area contributed by atoms with Gasteiger partial charge in [-0.2, -0.15) is 0 Å². The molecule has 1 amide bonds. The zero-order valence-corrected chi connectivity index (χ0v) is 14.7. The molecule has 1 aromatic carbocycles. The van der Waals surface area contributed by atoms with Gasteiger partial charge in [-0.25, -0.2) is 4.99 Å². The van der Waals surface area contributed by atoms with Crippen molar-refractivity contribution in [3.8, 4) is 11.5 Å². The van der Waals surface area contributed by atoms with Crippen LogP contribution in [0.3, 0.4) is 0 Å². The quantitative estimate of drug-likeness (QED) is 0.483. The molecule has 5 N–H and O–H groups in total. The number of hydrogen-bond acceptors (Lipinski definition) is 5. The van der Waals surface area contributed by atoms with Crippen LogP contribution >= 0.6 is 0 Å². The number of primary amides is 1. The molecule has 8 nitrogen and oxygen atoms in total. The zero-order chi connectivity index (χ0) is 18.3. The molecule has 0 atom stereocenters. The highest BCUT2D eigenvalue weighted by atomic mass is 16.5. The standard InChI is InChI=1S/C17H26N4O4/c1-23-13-4-3-12(9-14(13)24-2)10-20-16(19)21-11-17(15(18)22)5-7-25-8-6-17/h3-4,9H,5-8,10-11H2,1-2H3,(H2,18,22)(H3,19,20,21). The lowest BCUT2D eigenvalue weighted by atomic mass is 9.79. The lowest BCUT2D eigenvalue weighted by Crippen LogP contribution is -2.50. The van der Waals surface area contributed by atoms with E-state index in [4.69, 9.17) is 25.7 Å². The van der Waals surface area contributed by atoms with Crippen molar-refractivity contribution in [2.75, 3.05) is 34.0 Å². The average Bonchev–Trinajstić information content (AvgIpc) is 2.65. The normalized spacial score (nSPS) is 17.0. The first-order chi connectivity index (χ1) is 12.0. The SMILES string of the molecule is COc1ccc(CN=C(N)NCC2(C(N)=O)CCOCC2)cc1OC. The van der Waals surface area contributed by atoms with Gasteiger partial charge in [0.15, 0.2) is 17.5 Å². The molecular formula is C17H26N4O4. The van der Waals surface area contributed by atoms with E-state index in [0.29, 0.717) is 50.6 Å². The van der Waals surface area contributed by atoms with E-state index >= 15 is 0 Å². The number of carbonyl (C=O) groups excluding carboxylic acids is 1. The molecule has 25 heavy (non-hydrogen) atoms. The van der Waals surface area contributed by atoms with Gasteiger partial charge in [0.2, 0.25) is 5.91 Å². The van der Waals surface area contributed by atoms with Crippen molar-refractivity contribution in [1.82, 2.24) is 5.32 Å². The third kappa shape index (κ3) is 4.76.